The average Bonchev–Trinajstić information content (AvgIpc) is 2.37. The summed E-state index contributed by atoms with van der Waals surface area (Å²) in [6.07, 6.45) is 2.03. The molecule has 1 aromatic carbocycles. The highest BCUT2D eigenvalue weighted by Crippen LogP contribution is 2.20. The van der Waals surface area contributed by atoms with Crippen LogP contribution in [0.5, 0.6) is 0 Å². The summed E-state index contributed by atoms with van der Waals surface area (Å²) in [5.41, 5.74) is 0. The van der Waals surface area contributed by atoms with E-state index in [1.807, 2.05) is 6.92 Å². The standard InChI is InChI=1S/C14H20O4S/c1-2-6-12(9-10-14(15)16)11-19(17,18)13-7-4-3-5-8-13/h3-5,7-8,12H,2,6,9-11H2,1H3,(H,15,16)/t12-/m1/s1. The van der Waals surface area contributed by atoms with E-state index in [2.05, 4.69) is 0 Å². The number of sulfone groups is 1. The maximum Gasteiger partial charge on any atom is 0.303 e. The Morgan fingerprint density at radius 1 is 1.21 bits per heavy atom. The third kappa shape index (κ3) is 5.42. The Labute approximate surface area is 114 Å². The fourth-order valence-corrected chi connectivity index (χ4v) is 3.80. The quantitative estimate of drug-likeness (QED) is 0.796. The van der Waals surface area contributed by atoms with Crippen molar-refractivity contribution in [2.24, 2.45) is 5.92 Å². The number of aliphatic carboxylic acids is 1. The van der Waals surface area contributed by atoms with Gasteiger partial charge in [0.1, 0.15) is 0 Å². The van der Waals surface area contributed by atoms with Crippen LogP contribution >= 0.6 is 0 Å². The second-order valence-corrected chi connectivity index (χ2v) is 6.72. The third-order valence-corrected chi connectivity index (χ3v) is 4.92. The zero-order valence-corrected chi connectivity index (χ0v) is 11.9. The minimum atomic E-state index is -3.32. The molecule has 1 rings (SSSR count). The van der Waals surface area contributed by atoms with E-state index in [1.165, 1.54) is 0 Å². The van der Waals surface area contributed by atoms with Crippen LogP contribution in [0.1, 0.15) is 32.6 Å². The van der Waals surface area contributed by atoms with Crippen molar-refractivity contribution in [2.75, 3.05) is 5.75 Å². The van der Waals surface area contributed by atoms with Gasteiger partial charge in [0.2, 0.25) is 0 Å². The lowest BCUT2D eigenvalue weighted by Crippen LogP contribution is -2.17. The van der Waals surface area contributed by atoms with Crippen molar-refractivity contribution in [2.45, 2.75) is 37.5 Å². The smallest absolute Gasteiger partial charge is 0.303 e. The molecule has 4 nitrogen and oxygen atoms in total. The molecular weight excluding hydrogens is 264 g/mol. The summed E-state index contributed by atoms with van der Waals surface area (Å²) in [7, 11) is -3.32. The van der Waals surface area contributed by atoms with Crippen molar-refractivity contribution in [3.8, 4) is 0 Å². The lowest BCUT2D eigenvalue weighted by molar-refractivity contribution is -0.137. The number of carboxylic acid groups (broad SMARTS) is 1. The van der Waals surface area contributed by atoms with Crippen molar-refractivity contribution >= 4 is 15.8 Å². The van der Waals surface area contributed by atoms with Gasteiger partial charge < -0.3 is 5.11 Å². The maximum atomic E-state index is 12.2. The van der Waals surface area contributed by atoms with E-state index in [-0.39, 0.29) is 18.1 Å². The fourth-order valence-electron chi connectivity index (χ4n) is 2.08. The molecule has 1 atom stereocenters. The van der Waals surface area contributed by atoms with E-state index in [4.69, 9.17) is 5.11 Å². The van der Waals surface area contributed by atoms with Crippen LogP contribution in [0.25, 0.3) is 0 Å². The molecule has 0 unspecified atom stereocenters. The lowest BCUT2D eigenvalue weighted by atomic mass is 10.0. The predicted octanol–water partition coefficient (Wildman–Crippen LogP) is 2.74. The molecule has 19 heavy (non-hydrogen) atoms. The Bertz CT molecular complexity index is 493. The first-order chi connectivity index (χ1) is 8.95. The van der Waals surface area contributed by atoms with Crippen LogP contribution in [-0.2, 0) is 14.6 Å². The minimum absolute atomic E-state index is 0.0228. The van der Waals surface area contributed by atoms with E-state index in [1.54, 1.807) is 30.3 Å². The van der Waals surface area contributed by atoms with E-state index < -0.39 is 15.8 Å². The van der Waals surface area contributed by atoms with E-state index in [9.17, 15) is 13.2 Å². The van der Waals surface area contributed by atoms with Crippen molar-refractivity contribution in [3.63, 3.8) is 0 Å². The minimum Gasteiger partial charge on any atom is -0.481 e. The highest BCUT2D eigenvalue weighted by Gasteiger charge is 2.21. The molecule has 0 saturated heterocycles. The van der Waals surface area contributed by atoms with Crippen LogP contribution in [0.2, 0.25) is 0 Å². The SMILES string of the molecule is CCC[C@H](CCC(=O)O)CS(=O)(=O)c1ccccc1. The number of benzene rings is 1. The molecule has 0 aliphatic rings. The van der Waals surface area contributed by atoms with Crippen LogP contribution in [0.3, 0.4) is 0 Å². The van der Waals surface area contributed by atoms with E-state index in [0.717, 1.165) is 12.8 Å². The molecule has 1 N–H and O–H groups in total. The summed E-state index contributed by atoms with van der Waals surface area (Å²) in [5, 5.41) is 8.70. The molecule has 0 aliphatic heterocycles. The number of hydrogen-bond donors (Lipinski definition) is 1. The van der Waals surface area contributed by atoms with Gasteiger partial charge in [-0.05, 0) is 30.9 Å². The van der Waals surface area contributed by atoms with Crippen molar-refractivity contribution < 1.29 is 18.3 Å². The summed E-state index contributed by atoms with van der Waals surface area (Å²) in [5.74, 6) is -0.942. The van der Waals surface area contributed by atoms with Gasteiger partial charge in [-0.15, -0.1) is 0 Å². The molecule has 5 heteroatoms. The summed E-state index contributed by atoms with van der Waals surface area (Å²) in [6, 6.07) is 8.32. The van der Waals surface area contributed by atoms with Gasteiger partial charge in [-0.1, -0.05) is 31.5 Å². The van der Waals surface area contributed by atoms with Gasteiger partial charge >= 0.3 is 5.97 Å². The third-order valence-electron chi connectivity index (χ3n) is 3.02. The Balaban J connectivity index is 2.75. The van der Waals surface area contributed by atoms with Crippen LogP contribution in [0.15, 0.2) is 35.2 Å². The number of hydrogen-bond acceptors (Lipinski definition) is 3. The van der Waals surface area contributed by atoms with Gasteiger partial charge in [-0.25, -0.2) is 8.42 Å². The first kappa shape index (κ1) is 15.7. The molecular formula is C14H20O4S. The number of carbonyl (C=O) groups is 1. The molecule has 0 fully saturated rings. The topological polar surface area (TPSA) is 71.4 Å². The Morgan fingerprint density at radius 2 is 1.84 bits per heavy atom. The maximum absolute atomic E-state index is 12.2. The molecule has 0 aliphatic carbocycles. The van der Waals surface area contributed by atoms with Gasteiger partial charge in [0.05, 0.1) is 10.6 Å². The Hall–Kier alpha value is -1.36. The van der Waals surface area contributed by atoms with E-state index >= 15 is 0 Å². The first-order valence-electron chi connectivity index (χ1n) is 6.45. The second-order valence-electron chi connectivity index (χ2n) is 4.68. The van der Waals surface area contributed by atoms with Gasteiger partial charge in [0.25, 0.3) is 0 Å². The Morgan fingerprint density at radius 3 is 2.37 bits per heavy atom. The summed E-state index contributed by atoms with van der Waals surface area (Å²) in [4.78, 5) is 10.9. The molecule has 106 valence electrons. The zero-order valence-electron chi connectivity index (χ0n) is 11.1. The second kappa shape index (κ2) is 7.28. The predicted molar refractivity (Wildman–Crippen MR) is 73.8 cm³/mol. The zero-order chi connectivity index (χ0) is 14.3. The van der Waals surface area contributed by atoms with Crippen LogP contribution in [0, 0.1) is 5.92 Å². The molecule has 1 aromatic rings. The number of carboxylic acids is 1. The van der Waals surface area contributed by atoms with Gasteiger partial charge in [-0.2, -0.15) is 0 Å². The highest BCUT2D eigenvalue weighted by atomic mass is 32.2. The normalized spacial score (nSPS) is 13.1. The molecule has 0 spiro atoms. The fraction of sp³-hybridized carbons (Fsp3) is 0.500. The monoisotopic (exact) mass is 284 g/mol. The average molecular weight is 284 g/mol. The molecule has 0 aromatic heterocycles. The number of rotatable bonds is 8. The highest BCUT2D eigenvalue weighted by molar-refractivity contribution is 7.91. The van der Waals surface area contributed by atoms with Gasteiger partial charge in [-0.3, -0.25) is 4.79 Å². The van der Waals surface area contributed by atoms with Crippen molar-refractivity contribution in [1.82, 2.24) is 0 Å². The summed E-state index contributed by atoms with van der Waals surface area (Å²) in [6.45, 7) is 1.98. The molecule has 0 bridgehead atoms. The van der Waals surface area contributed by atoms with Crippen molar-refractivity contribution in [1.29, 1.82) is 0 Å². The van der Waals surface area contributed by atoms with Crippen LogP contribution in [-0.4, -0.2) is 25.2 Å². The molecule has 0 heterocycles. The summed E-state index contributed by atoms with van der Waals surface area (Å²) >= 11 is 0. The van der Waals surface area contributed by atoms with Gasteiger partial charge in [0, 0.05) is 6.42 Å². The van der Waals surface area contributed by atoms with Gasteiger partial charge in [0.15, 0.2) is 9.84 Å². The summed E-state index contributed by atoms with van der Waals surface area (Å²) < 4.78 is 24.4. The van der Waals surface area contributed by atoms with Crippen LogP contribution < -0.4 is 0 Å². The molecule has 0 amide bonds. The molecule has 0 saturated carbocycles. The van der Waals surface area contributed by atoms with Crippen molar-refractivity contribution in [3.05, 3.63) is 30.3 Å². The largest absolute Gasteiger partial charge is 0.481 e. The lowest BCUT2D eigenvalue weighted by Gasteiger charge is -2.15. The Kier molecular flexibility index (Phi) is 6.02. The van der Waals surface area contributed by atoms with E-state index in [0.29, 0.717) is 11.3 Å². The molecule has 0 radical (unpaired) electrons. The van der Waals surface area contributed by atoms with Crippen LogP contribution in [0.4, 0.5) is 0 Å². The first-order valence-corrected chi connectivity index (χ1v) is 8.10.